The number of sulfonamides is 1. The predicted octanol–water partition coefficient (Wildman–Crippen LogP) is 1.90. The van der Waals surface area contributed by atoms with Crippen LogP contribution in [0.2, 0.25) is 0 Å². The molecule has 0 aliphatic heterocycles. The van der Waals surface area contributed by atoms with E-state index in [0.29, 0.717) is 18.5 Å². The minimum absolute atomic E-state index is 0.0233. The SMILES string of the molecule is Cc1noc(C)c1S(=O)(=O)NCC1(O)CCC(C)(C)CC1. The first kappa shape index (κ1) is 16.5. The number of hydrogen-bond acceptors (Lipinski definition) is 5. The Morgan fingerprint density at radius 3 is 2.29 bits per heavy atom. The third kappa shape index (κ3) is 3.64. The summed E-state index contributed by atoms with van der Waals surface area (Å²) in [7, 11) is -3.71. The molecule has 1 fully saturated rings. The third-order valence-electron chi connectivity index (χ3n) is 4.36. The molecular weight excluding hydrogens is 292 g/mol. The van der Waals surface area contributed by atoms with Crippen LogP contribution in [0.3, 0.4) is 0 Å². The first-order valence-corrected chi connectivity index (χ1v) is 8.68. The molecule has 1 aromatic heterocycles. The Labute approximate surface area is 126 Å². The Balaban J connectivity index is 2.06. The van der Waals surface area contributed by atoms with Crippen LogP contribution >= 0.6 is 0 Å². The Kier molecular flexibility index (Phi) is 4.21. The minimum atomic E-state index is -3.71. The van der Waals surface area contributed by atoms with Crippen LogP contribution in [0.15, 0.2) is 9.42 Å². The van der Waals surface area contributed by atoms with Gasteiger partial charge in [-0.3, -0.25) is 0 Å². The van der Waals surface area contributed by atoms with Gasteiger partial charge in [-0.05, 0) is 44.9 Å². The minimum Gasteiger partial charge on any atom is -0.389 e. The Hall–Kier alpha value is -0.920. The number of rotatable bonds is 4. The highest BCUT2D eigenvalue weighted by atomic mass is 32.2. The highest BCUT2D eigenvalue weighted by Crippen LogP contribution is 2.40. The maximum absolute atomic E-state index is 12.3. The summed E-state index contributed by atoms with van der Waals surface area (Å²) in [6.45, 7) is 7.51. The van der Waals surface area contributed by atoms with E-state index in [1.165, 1.54) is 0 Å². The molecular formula is C14H24N2O4S. The maximum Gasteiger partial charge on any atom is 0.246 e. The molecule has 21 heavy (non-hydrogen) atoms. The second-order valence-electron chi connectivity index (χ2n) is 6.87. The van der Waals surface area contributed by atoms with Crippen molar-refractivity contribution in [2.24, 2.45) is 5.41 Å². The maximum atomic E-state index is 12.3. The van der Waals surface area contributed by atoms with Gasteiger partial charge in [-0.15, -0.1) is 0 Å². The molecule has 120 valence electrons. The summed E-state index contributed by atoms with van der Waals surface area (Å²) in [6.07, 6.45) is 2.97. The fourth-order valence-electron chi connectivity index (χ4n) is 2.73. The molecule has 7 heteroatoms. The zero-order valence-electron chi connectivity index (χ0n) is 13.1. The summed E-state index contributed by atoms with van der Waals surface area (Å²) in [5, 5.41) is 14.2. The summed E-state index contributed by atoms with van der Waals surface area (Å²) in [5.41, 5.74) is -0.425. The van der Waals surface area contributed by atoms with Gasteiger partial charge in [0.25, 0.3) is 0 Å². The first-order valence-electron chi connectivity index (χ1n) is 7.20. The molecule has 1 heterocycles. The van der Waals surface area contributed by atoms with Crippen molar-refractivity contribution in [1.29, 1.82) is 0 Å². The van der Waals surface area contributed by atoms with Gasteiger partial charge < -0.3 is 9.63 Å². The average molecular weight is 316 g/mol. The van der Waals surface area contributed by atoms with Gasteiger partial charge in [0.2, 0.25) is 10.0 Å². The van der Waals surface area contributed by atoms with Crippen molar-refractivity contribution in [2.45, 2.75) is 63.9 Å². The molecule has 1 aliphatic carbocycles. The van der Waals surface area contributed by atoms with Crippen molar-refractivity contribution in [2.75, 3.05) is 6.54 Å². The summed E-state index contributed by atoms with van der Waals surface area (Å²) >= 11 is 0. The van der Waals surface area contributed by atoms with Gasteiger partial charge in [0, 0.05) is 6.54 Å². The highest BCUT2D eigenvalue weighted by molar-refractivity contribution is 7.89. The van der Waals surface area contributed by atoms with E-state index in [1.54, 1.807) is 13.8 Å². The molecule has 0 aromatic carbocycles. The quantitative estimate of drug-likeness (QED) is 0.885. The standard InChI is InChI=1S/C14H24N2O4S/c1-10-12(11(2)20-16-10)21(18,19)15-9-14(17)7-5-13(3,4)6-8-14/h15,17H,5-9H2,1-4H3. The van der Waals surface area contributed by atoms with Crippen LogP contribution < -0.4 is 4.72 Å². The Morgan fingerprint density at radius 2 is 1.81 bits per heavy atom. The summed E-state index contributed by atoms with van der Waals surface area (Å²) in [6, 6.07) is 0. The van der Waals surface area contributed by atoms with Crippen LogP contribution in [-0.2, 0) is 10.0 Å². The van der Waals surface area contributed by atoms with Gasteiger partial charge in [-0.2, -0.15) is 0 Å². The second-order valence-corrected chi connectivity index (χ2v) is 8.57. The van der Waals surface area contributed by atoms with Crippen molar-refractivity contribution in [3.63, 3.8) is 0 Å². The lowest BCUT2D eigenvalue weighted by Crippen LogP contribution is -2.46. The van der Waals surface area contributed by atoms with Crippen molar-refractivity contribution in [1.82, 2.24) is 9.88 Å². The van der Waals surface area contributed by atoms with Gasteiger partial charge in [0.05, 0.1) is 5.60 Å². The number of aromatic nitrogens is 1. The number of nitrogens with one attached hydrogen (secondary N) is 1. The van der Waals surface area contributed by atoms with E-state index in [0.717, 1.165) is 12.8 Å². The van der Waals surface area contributed by atoms with Gasteiger partial charge in [0.1, 0.15) is 10.6 Å². The lowest BCUT2D eigenvalue weighted by Gasteiger charge is -2.40. The second kappa shape index (κ2) is 5.37. The van der Waals surface area contributed by atoms with Crippen molar-refractivity contribution in [3.8, 4) is 0 Å². The molecule has 0 atom stereocenters. The summed E-state index contributed by atoms with van der Waals surface area (Å²) in [4.78, 5) is 0.0715. The van der Waals surface area contributed by atoms with E-state index in [9.17, 15) is 13.5 Å². The van der Waals surface area contributed by atoms with Gasteiger partial charge >= 0.3 is 0 Å². The molecule has 0 saturated heterocycles. The molecule has 0 bridgehead atoms. The number of hydrogen-bond donors (Lipinski definition) is 2. The van der Waals surface area contributed by atoms with Crippen LogP contribution in [0.4, 0.5) is 0 Å². The number of nitrogens with zero attached hydrogens (tertiary/aromatic N) is 1. The van der Waals surface area contributed by atoms with E-state index < -0.39 is 15.6 Å². The first-order chi connectivity index (χ1) is 9.55. The predicted molar refractivity (Wildman–Crippen MR) is 78.4 cm³/mol. The highest BCUT2D eigenvalue weighted by Gasteiger charge is 2.38. The van der Waals surface area contributed by atoms with Crippen LogP contribution in [0.25, 0.3) is 0 Å². The Bertz CT molecular complexity index is 589. The molecule has 1 aliphatic rings. The van der Waals surface area contributed by atoms with Crippen LogP contribution in [-0.4, -0.2) is 30.8 Å². The Morgan fingerprint density at radius 1 is 1.24 bits per heavy atom. The smallest absolute Gasteiger partial charge is 0.246 e. The summed E-state index contributed by atoms with van der Waals surface area (Å²) < 4.78 is 32.0. The zero-order valence-corrected chi connectivity index (χ0v) is 13.9. The van der Waals surface area contributed by atoms with E-state index in [1.807, 2.05) is 0 Å². The monoisotopic (exact) mass is 316 g/mol. The lowest BCUT2D eigenvalue weighted by atomic mass is 9.71. The van der Waals surface area contributed by atoms with E-state index in [2.05, 4.69) is 23.7 Å². The van der Waals surface area contributed by atoms with Crippen LogP contribution in [0.5, 0.6) is 0 Å². The number of aliphatic hydroxyl groups is 1. The van der Waals surface area contributed by atoms with Crippen LogP contribution in [0, 0.1) is 19.3 Å². The van der Waals surface area contributed by atoms with Crippen LogP contribution in [0.1, 0.15) is 51.0 Å². The van der Waals surface area contributed by atoms with Crippen molar-refractivity contribution < 1.29 is 18.0 Å². The fraction of sp³-hybridized carbons (Fsp3) is 0.786. The topological polar surface area (TPSA) is 92.4 Å². The molecule has 2 N–H and O–H groups in total. The number of aryl methyl sites for hydroxylation is 2. The summed E-state index contributed by atoms with van der Waals surface area (Å²) in [5.74, 6) is 0.261. The molecule has 0 radical (unpaired) electrons. The molecule has 6 nitrogen and oxygen atoms in total. The molecule has 0 unspecified atom stereocenters. The molecule has 2 rings (SSSR count). The van der Waals surface area contributed by atoms with Gasteiger partial charge in [-0.25, -0.2) is 13.1 Å². The normalized spacial score (nSPS) is 21.4. The third-order valence-corrected chi connectivity index (χ3v) is 6.01. The molecule has 0 amide bonds. The molecule has 1 aromatic rings. The van der Waals surface area contributed by atoms with E-state index >= 15 is 0 Å². The van der Waals surface area contributed by atoms with Gasteiger partial charge in [-0.1, -0.05) is 19.0 Å². The van der Waals surface area contributed by atoms with E-state index in [-0.39, 0.29) is 22.6 Å². The zero-order chi connectivity index (χ0) is 15.9. The largest absolute Gasteiger partial charge is 0.389 e. The van der Waals surface area contributed by atoms with Crippen molar-refractivity contribution in [3.05, 3.63) is 11.5 Å². The lowest BCUT2D eigenvalue weighted by molar-refractivity contribution is -0.0205. The van der Waals surface area contributed by atoms with Crippen molar-refractivity contribution >= 4 is 10.0 Å². The van der Waals surface area contributed by atoms with E-state index in [4.69, 9.17) is 4.52 Å². The average Bonchev–Trinajstić information content (AvgIpc) is 2.72. The molecule has 1 saturated carbocycles. The van der Waals surface area contributed by atoms with Gasteiger partial charge in [0.15, 0.2) is 5.76 Å². The fourth-order valence-corrected chi connectivity index (χ4v) is 4.17. The molecule has 0 spiro atoms.